The molecular formula is C19H29F2N5O2. The highest BCUT2D eigenvalue weighted by molar-refractivity contribution is 5.76. The third-order valence-electron chi connectivity index (χ3n) is 6.48. The second-order valence-corrected chi connectivity index (χ2v) is 8.42. The Balaban J connectivity index is 1.24. The van der Waals surface area contributed by atoms with Gasteiger partial charge in [-0.25, -0.2) is 8.78 Å². The number of carbonyl (C=O) groups is 1. The number of nitrogens with zero attached hydrogens (tertiary/aromatic N) is 4. The van der Waals surface area contributed by atoms with Crippen LogP contribution in [0, 0.1) is 5.92 Å². The first-order valence-corrected chi connectivity index (χ1v) is 10.3. The molecule has 0 radical (unpaired) electrons. The predicted molar refractivity (Wildman–Crippen MR) is 98.0 cm³/mol. The number of ether oxygens (including phenoxy) is 1. The molecule has 9 heteroatoms. The van der Waals surface area contributed by atoms with Crippen LogP contribution in [0.1, 0.15) is 44.9 Å². The lowest BCUT2D eigenvalue weighted by molar-refractivity contribution is -0.153. The highest BCUT2D eigenvalue weighted by Crippen LogP contribution is 2.51. The summed E-state index contributed by atoms with van der Waals surface area (Å²) in [6, 6.07) is 0. The first-order chi connectivity index (χ1) is 13.4. The largest absolute Gasteiger partial charge is 0.374 e. The van der Waals surface area contributed by atoms with Crippen molar-refractivity contribution in [3.05, 3.63) is 12.2 Å². The number of nitrogens with one attached hydrogen (secondary N) is 1. The van der Waals surface area contributed by atoms with Crippen molar-refractivity contribution in [1.82, 2.24) is 25.0 Å². The Morgan fingerprint density at radius 3 is 2.86 bits per heavy atom. The van der Waals surface area contributed by atoms with Gasteiger partial charge in [0.2, 0.25) is 5.91 Å². The van der Waals surface area contributed by atoms with Gasteiger partial charge in [-0.15, -0.1) is 10.2 Å². The van der Waals surface area contributed by atoms with E-state index in [1.54, 1.807) is 6.33 Å². The fourth-order valence-corrected chi connectivity index (χ4v) is 4.36. The third-order valence-corrected chi connectivity index (χ3v) is 6.48. The summed E-state index contributed by atoms with van der Waals surface area (Å²) in [6.07, 6.45) is 5.44. The molecule has 156 valence electrons. The van der Waals surface area contributed by atoms with E-state index in [1.807, 2.05) is 11.5 Å². The molecule has 2 heterocycles. The van der Waals surface area contributed by atoms with E-state index in [1.165, 1.54) is 0 Å². The monoisotopic (exact) mass is 397 g/mol. The Bertz CT molecular complexity index is 706. The molecule has 4 rings (SSSR count). The van der Waals surface area contributed by atoms with E-state index in [4.69, 9.17) is 4.74 Å². The van der Waals surface area contributed by atoms with E-state index in [0.29, 0.717) is 32.7 Å². The highest BCUT2D eigenvalue weighted by atomic mass is 19.3. The number of morpholine rings is 1. The summed E-state index contributed by atoms with van der Waals surface area (Å²) in [5, 5.41) is 10.8. The van der Waals surface area contributed by atoms with Crippen molar-refractivity contribution < 1.29 is 18.3 Å². The highest BCUT2D eigenvalue weighted by Gasteiger charge is 2.59. The van der Waals surface area contributed by atoms with Crippen LogP contribution in [0.3, 0.4) is 0 Å². The molecule has 0 bridgehead atoms. The molecule has 2 aliphatic carbocycles. The molecule has 2 unspecified atom stereocenters. The first-order valence-electron chi connectivity index (χ1n) is 10.3. The molecule has 1 saturated heterocycles. The van der Waals surface area contributed by atoms with Crippen molar-refractivity contribution in [2.24, 2.45) is 5.92 Å². The molecule has 2 atom stereocenters. The molecule has 3 aliphatic rings. The maximum absolute atomic E-state index is 13.4. The zero-order valence-corrected chi connectivity index (χ0v) is 16.4. The minimum Gasteiger partial charge on any atom is -0.374 e. The zero-order valence-electron chi connectivity index (χ0n) is 16.4. The molecule has 3 fully saturated rings. The molecule has 1 spiro atoms. The van der Waals surface area contributed by atoms with E-state index in [-0.39, 0.29) is 30.4 Å². The SMILES string of the molecule is CCn1cnnc1CCNC(=O)CC1CN(CC2CC2(F)F)C2(CCC2)CO1. The van der Waals surface area contributed by atoms with Gasteiger partial charge in [0.05, 0.1) is 19.1 Å². The van der Waals surface area contributed by atoms with Crippen molar-refractivity contribution in [2.45, 2.75) is 69.6 Å². The lowest BCUT2D eigenvalue weighted by Gasteiger charge is -2.54. The summed E-state index contributed by atoms with van der Waals surface area (Å²) in [5.41, 5.74) is -0.0735. The van der Waals surface area contributed by atoms with Crippen molar-refractivity contribution >= 4 is 5.91 Å². The number of hydrogen-bond acceptors (Lipinski definition) is 5. The Morgan fingerprint density at radius 1 is 1.43 bits per heavy atom. The van der Waals surface area contributed by atoms with Gasteiger partial charge in [-0.3, -0.25) is 9.69 Å². The van der Waals surface area contributed by atoms with Gasteiger partial charge in [0.15, 0.2) is 0 Å². The molecule has 1 N–H and O–H groups in total. The van der Waals surface area contributed by atoms with Crippen LogP contribution in [0.5, 0.6) is 0 Å². The standard InChI is InChI=1S/C19H29F2N5O2/c1-2-25-13-23-24-16(25)4-7-22-17(27)8-15-11-26(10-14-9-19(14,20)21)18(12-28-15)5-3-6-18/h13-15H,2-12H2,1H3,(H,22,27). The molecule has 0 aromatic carbocycles. The molecule has 2 saturated carbocycles. The van der Waals surface area contributed by atoms with Crippen LogP contribution in [0.15, 0.2) is 6.33 Å². The summed E-state index contributed by atoms with van der Waals surface area (Å²) in [4.78, 5) is 14.5. The number of aromatic nitrogens is 3. The van der Waals surface area contributed by atoms with Crippen LogP contribution >= 0.6 is 0 Å². The molecular weight excluding hydrogens is 368 g/mol. The number of hydrogen-bond donors (Lipinski definition) is 1. The number of amides is 1. The van der Waals surface area contributed by atoms with Crippen molar-refractivity contribution in [3.8, 4) is 0 Å². The topological polar surface area (TPSA) is 72.3 Å². The van der Waals surface area contributed by atoms with Crippen molar-refractivity contribution in [3.63, 3.8) is 0 Å². The summed E-state index contributed by atoms with van der Waals surface area (Å²) in [6.45, 7) is 4.83. The van der Waals surface area contributed by atoms with Crippen LogP contribution in [0.2, 0.25) is 0 Å². The van der Waals surface area contributed by atoms with E-state index < -0.39 is 11.8 Å². The fourth-order valence-electron chi connectivity index (χ4n) is 4.36. The minimum atomic E-state index is -2.50. The van der Waals surface area contributed by atoms with Gasteiger partial charge in [-0.2, -0.15) is 0 Å². The molecule has 1 aliphatic heterocycles. The zero-order chi connectivity index (χ0) is 19.8. The molecule has 7 nitrogen and oxygen atoms in total. The predicted octanol–water partition coefficient (Wildman–Crippen LogP) is 1.63. The van der Waals surface area contributed by atoms with Gasteiger partial charge in [0.25, 0.3) is 5.92 Å². The Hall–Kier alpha value is -1.61. The maximum Gasteiger partial charge on any atom is 0.252 e. The van der Waals surface area contributed by atoms with Crippen LogP contribution in [0.4, 0.5) is 8.78 Å². The summed E-state index contributed by atoms with van der Waals surface area (Å²) < 4.78 is 34.7. The van der Waals surface area contributed by atoms with Crippen LogP contribution in [-0.4, -0.2) is 69.4 Å². The van der Waals surface area contributed by atoms with Crippen molar-refractivity contribution in [1.29, 1.82) is 0 Å². The average molecular weight is 397 g/mol. The maximum atomic E-state index is 13.4. The first kappa shape index (κ1) is 19.7. The summed E-state index contributed by atoms with van der Waals surface area (Å²) in [5.74, 6) is -2.27. The Labute approximate surface area is 163 Å². The van der Waals surface area contributed by atoms with Crippen LogP contribution in [0.25, 0.3) is 0 Å². The lowest BCUT2D eigenvalue weighted by Crippen LogP contribution is -2.63. The number of halogens is 2. The second kappa shape index (κ2) is 7.67. The van der Waals surface area contributed by atoms with E-state index in [9.17, 15) is 13.6 Å². The van der Waals surface area contributed by atoms with Gasteiger partial charge < -0.3 is 14.6 Å². The quantitative estimate of drug-likeness (QED) is 0.722. The number of aryl methyl sites for hydroxylation is 1. The molecule has 1 aromatic heterocycles. The smallest absolute Gasteiger partial charge is 0.252 e. The van der Waals surface area contributed by atoms with Gasteiger partial charge in [-0.1, -0.05) is 0 Å². The van der Waals surface area contributed by atoms with Gasteiger partial charge in [0, 0.05) is 50.5 Å². The minimum absolute atomic E-state index is 0.00598. The van der Waals surface area contributed by atoms with Gasteiger partial charge in [0.1, 0.15) is 12.2 Å². The molecule has 28 heavy (non-hydrogen) atoms. The van der Waals surface area contributed by atoms with Gasteiger partial charge >= 0.3 is 0 Å². The third kappa shape index (κ3) is 4.05. The summed E-state index contributed by atoms with van der Waals surface area (Å²) >= 11 is 0. The number of alkyl halides is 2. The van der Waals surface area contributed by atoms with E-state index >= 15 is 0 Å². The fraction of sp³-hybridized carbons (Fsp3) is 0.842. The normalized spacial score (nSPS) is 28.1. The Morgan fingerprint density at radius 2 is 2.21 bits per heavy atom. The summed E-state index contributed by atoms with van der Waals surface area (Å²) in [7, 11) is 0. The lowest BCUT2D eigenvalue weighted by atomic mass is 9.74. The molecule has 1 aromatic rings. The van der Waals surface area contributed by atoms with E-state index in [0.717, 1.165) is 31.6 Å². The Kier molecular flexibility index (Phi) is 5.39. The average Bonchev–Trinajstić information content (AvgIpc) is 3.02. The van der Waals surface area contributed by atoms with E-state index in [2.05, 4.69) is 20.4 Å². The van der Waals surface area contributed by atoms with Crippen molar-refractivity contribution in [2.75, 3.05) is 26.2 Å². The van der Waals surface area contributed by atoms with Gasteiger partial charge in [-0.05, 0) is 26.2 Å². The number of carbonyl (C=O) groups excluding carboxylic acids is 1. The second-order valence-electron chi connectivity index (χ2n) is 8.42. The number of rotatable bonds is 8. The molecule has 1 amide bonds. The van der Waals surface area contributed by atoms with Crippen LogP contribution < -0.4 is 5.32 Å². The van der Waals surface area contributed by atoms with Crippen LogP contribution in [-0.2, 0) is 22.5 Å².